The Balaban J connectivity index is 2.08. The molecule has 2 aliphatic heterocycles. The Morgan fingerprint density at radius 1 is 1.15 bits per heavy atom. The van der Waals surface area contributed by atoms with E-state index in [1.165, 1.54) is 6.92 Å². The van der Waals surface area contributed by atoms with E-state index in [-0.39, 0.29) is 30.5 Å². The maximum atomic E-state index is 13.0. The van der Waals surface area contributed by atoms with Crippen molar-refractivity contribution in [1.29, 1.82) is 0 Å². The van der Waals surface area contributed by atoms with E-state index in [1.54, 1.807) is 19.9 Å². The molecule has 0 aromatic heterocycles. The average Bonchev–Trinajstić information content (AvgIpc) is 2.77. The molecular weight excluding hydrogens is 338 g/mol. The SMILES string of the molecule is CC1CC(=O)C2(C)C(=O)OC3CCN(C)CC=C(COC(=O)C12C)C3=O. The van der Waals surface area contributed by atoms with Crippen LogP contribution in [-0.4, -0.2) is 61.3 Å². The lowest BCUT2D eigenvalue weighted by Crippen LogP contribution is -2.54. The van der Waals surface area contributed by atoms with E-state index in [4.69, 9.17) is 9.47 Å². The van der Waals surface area contributed by atoms with Gasteiger partial charge in [0.1, 0.15) is 12.0 Å². The Hall–Kier alpha value is -2.02. The predicted molar refractivity (Wildman–Crippen MR) is 91.0 cm³/mol. The van der Waals surface area contributed by atoms with Crippen molar-refractivity contribution in [2.24, 2.45) is 16.7 Å². The fraction of sp³-hybridized carbons (Fsp3) is 0.684. The minimum Gasteiger partial charge on any atom is -0.460 e. The normalized spacial score (nSPS) is 39.3. The summed E-state index contributed by atoms with van der Waals surface area (Å²) < 4.78 is 11.0. The number of Topliss-reactive ketones (excluding diaryl/α,β-unsaturated/α-hetero) is 2. The molecule has 2 heterocycles. The molecule has 26 heavy (non-hydrogen) atoms. The molecule has 4 unspecified atom stereocenters. The monoisotopic (exact) mass is 363 g/mol. The van der Waals surface area contributed by atoms with Crippen LogP contribution in [0.2, 0.25) is 0 Å². The van der Waals surface area contributed by atoms with E-state index >= 15 is 0 Å². The van der Waals surface area contributed by atoms with Gasteiger partial charge in [-0.15, -0.1) is 0 Å². The van der Waals surface area contributed by atoms with E-state index in [0.717, 1.165) is 0 Å². The van der Waals surface area contributed by atoms with Crippen LogP contribution in [0.25, 0.3) is 0 Å². The molecule has 0 amide bonds. The van der Waals surface area contributed by atoms with Crippen molar-refractivity contribution in [3.8, 4) is 0 Å². The third kappa shape index (κ3) is 2.52. The smallest absolute Gasteiger partial charge is 0.321 e. The number of nitrogens with zero attached hydrogens (tertiary/aromatic N) is 1. The van der Waals surface area contributed by atoms with Crippen molar-refractivity contribution in [2.75, 3.05) is 26.7 Å². The fourth-order valence-electron chi connectivity index (χ4n) is 4.12. The van der Waals surface area contributed by atoms with Crippen LogP contribution in [0.1, 0.15) is 33.6 Å². The first-order valence-corrected chi connectivity index (χ1v) is 8.95. The van der Waals surface area contributed by atoms with Crippen LogP contribution in [0, 0.1) is 16.7 Å². The summed E-state index contributed by atoms with van der Waals surface area (Å²) in [5.41, 5.74) is -2.65. The third-order valence-electron chi connectivity index (χ3n) is 6.55. The lowest BCUT2D eigenvalue weighted by atomic mass is 9.64. The van der Waals surface area contributed by atoms with Gasteiger partial charge in [-0.2, -0.15) is 0 Å². The molecule has 7 nitrogen and oxygen atoms in total. The third-order valence-corrected chi connectivity index (χ3v) is 6.55. The highest BCUT2D eigenvalue weighted by Gasteiger charge is 2.68. The Kier molecular flexibility index (Phi) is 4.55. The molecular formula is C19H25NO6. The van der Waals surface area contributed by atoms with Crippen LogP contribution in [0.4, 0.5) is 0 Å². The number of ether oxygens (including phenoxy) is 2. The highest BCUT2D eigenvalue weighted by molar-refractivity contribution is 6.12. The predicted octanol–water partition coefficient (Wildman–Crippen LogP) is 0.907. The van der Waals surface area contributed by atoms with Gasteiger partial charge in [0.05, 0.1) is 5.41 Å². The maximum absolute atomic E-state index is 13.0. The standard InChI is InChI=1S/C19H25NO6/c1-11-9-14(21)19(3)17(24)26-13-6-8-20(4)7-5-12(15(13)22)10-25-16(23)18(11,19)2/h5,11,13H,6-10H2,1-4H3. The molecule has 0 radical (unpaired) electrons. The molecule has 4 atom stereocenters. The van der Waals surface area contributed by atoms with Gasteiger partial charge in [-0.3, -0.25) is 19.2 Å². The van der Waals surface area contributed by atoms with Gasteiger partial charge < -0.3 is 14.4 Å². The number of hydrogen-bond donors (Lipinski definition) is 0. The number of rotatable bonds is 0. The Morgan fingerprint density at radius 2 is 1.85 bits per heavy atom. The number of esters is 2. The second-order valence-corrected chi connectivity index (χ2v) is 7.97. The Morgan fingerprint density at radius 3 is 2.54 bits per heavy atom. The lowest BCUT2D eigenvalue weighted by Gasteiger charge is -2.39. The second-order valence-electron chi connectivity index (χ2n) is 7.97. The molecule has 2 bridgehead atoms. The minimum absolute atomic E-state index is 0.0985. The molecule has 1 aliphatic carbocycles. The molecule has 7 heteroatoms. The largest absolute Gasteiger partial charge is 0.460 e. The summed E-state index contributed by atoms with van der Waals surface area (Å²) in [6, 6.07) is 0. The molecule has 0 aromatic rings. The van der Waals surface area contributed by atoms with Gasteiger partial charge in [-0.1, -0.05) is 13.0 Å². The Bertz CT molecular complexity index is 713. The van der Waals surface area contributed by atoms with Crippen molar-refractivity contribution in [3.63, 3.8) is 0 Å². The highest BCUT2D eigenvalue weighted by atomic mass is 16.6. The van der Waals surface area contributed by atoms with Gasteiger partial charge in [0.2, 0.25) is 5.78 Å². The number of carbonyl (C=O) groups excluding carboxylic acids is 4. The molecule has 0 N–H and O–H groups in total. The number of carbonyl (C=O) groups is 4. The van der Waals surface area contributed by atoms with E-state index in [1.807, 2.05) is 11.9 Å². The first-order valence-electron chi connectivity index (χ1n) is 8.95. The lowest BCUT2D eigenvalue weighted by molar-refractivity contribution is -0.184. The van der Waals surface area contributed by atoms with Crippen LogP contribution in [0.3, 0.4) is 0 Å². The summed E-state index contributed by atoms with van der Waals surface area (Å²) in [6.45, 7) is 5.75. The van der Waals surface area contributed by atoms with Crippen molar-refractivity contribution >= 4 is 23.5 Å². The van der Waals surface area contributed by atoms with Crippen molar-refractivity contribution in [1.82, 2.24) is 4.90 Å². The van der Waals surface area contributed by atoms with Gasteiger partial charge in [0.15, 0.2) is 11.9 Å². The summed E-state index contributed by atoms with van der Waals surface area (Å²) in [7, 11) is 1.89. The van der Waals surface area contributed by atoms with E-state index in [2.05, 4.69) is 0 Å². The number of ketones is 2. The van der Waals surface area contributed by atoms with Gasteiger partial charge in [0, 0.05) is 31.5 Å². The van der Waals surface area contributed by atoms with Crippen LogP contribution in [0.5, 0.6) is 0 Å². The van der Waals surface area contributed by atoms with E-state index < -0.39 is 28.9 Å². The fourth-order valence-corrected chi connectivity index (χ4v) is 4.12. The topological polar surface area (TPSA) is 90.0 Å². The van der Waals surface area contributed by atoms with Crippen molar-refractivity contribution < 1.29 is 28.7 Å². The van der Waals surface area contributed by atoms with Crippen LogP contribution in [0.15, 0.2) is 11.6 Å². The van der Waals surface area contributed by atoms with Crippen molar-refractivity contribution in [2.45, 2.75) is 39.7 Å². The summed E-state index contributed by atoms with van der Waals surface area (Å²) >= 11 is 0. The molecule has 0 spiro atoms. The second kappa shape index (κ2) is 6.30. The van der Waals surface area contributed by atoms with Gasteiger partial charge >= 0.3 is 11.9 Å². The zero-order valence-corrected chi connectivity index (χ0v) is 15.7. The van der Waals surface area contributed by atoms with Crippen molar-refractivity contribution in [3.05, 3.63) is 11.6 Å². The van der Waals surface area contributed by atoms with Crippen LogP contribution >= 0.6 is 0 Å². The van der Waals surface area contributed by atoms with E-state index in [9.17, 15) is 19.2 Å². The number of cyclic esters (lactones) is 1. The molecule has 3 rings (SSSR count). The first-order chi connectivity index (χ1) is 12.1. The summed E-state index contributed by atoms with van der Waals surface area (Å²) in [4.78, 5) is 53.4. The quantitative estimate of drug-likeness (QED) is 0.467. The first kappa shape index (κ1) is 18.8. The number of likely N-dealkylation sites (N-methyl/N-ethyl adjacent to an activating group) is 1. The highest BCUT2D eigenvalue weighted by Crippen LogP contribution is 2.55. The minimum atomic E-state index is -1.65. The molecule has 0 aromatic carbocycles. The molecule has 1 saturated heterocycles. The number of fused-ring (bicyclic) bond motifs is 3. The zero-order valence-electron chi connectivity index (χ0n) is 15.7. The van der Waals surface area contributed by atoms with Gasteiger partial charge in [-0.05, 0) is 26.8 Å². The molecule has 142 valence electrons. The van der Waals surface area contributed by atoms with Gasteiger partial charge in [-0.25, -0.2) is 0 Å². The van der Waals surface area contributed by atoms with E-state index in [0.29, 0.717) is 25.1 Å². The zero-order chi connectivity index (χ0) is 19.3. The number of hydrogen-bond acceptors (Lipinski definition) is 7. The maximum Gasteiger partial charge on any atom is 0.321 e. The van der Waals surface area contributed by atoms with Crippen LogP contribution in [-0.2, 0) is 28.7 Å². The molecule has 3 aliphatic rings. The average molecular weight is 363 g/mol. The summed E-state index contributed by atoms with van der Waals surface area (Å²) in [6.07, 6.45) is 1.17. The van der Waals surface area contributed by atoms with Crippen LogP contribution < -0.4 is 0 Å². The summed E-state index contributed by atoms with van der Waals surface area (Å²) in [5.74, 6) is -2.52. The summed E-state index contributed by atoms with van der Waals surface area (Å²) in [5, 5.41) is 0. The van der Waals surface area contributed by atoms with Gasteiger partial charge in [0.25, 0.3) is 0 Å². The molecule has 2 fully saturated rings. The Labute approximate surface area is 152 Å². The molecule has 1 saturated carbocycles.